The maximum atomic E-state index is 10.7. The van der Waals surface area contributed by atoms with E-state index in [0.29, 0.717) is 38.4 Å². The lowest BCUT2D eigenvalue weighted by Crippen LogP contribution is -2.67. The van der Waals surface area contributed by atoms with Crippen LogP contribution >= 0.6 is 0 Å². The Kier molecular flexibility index (Phi) is 4.80. The van der Waals surface area contributed by atoms with Crippen molar-refractivity contribution in [3.63, 3.8) is 0 Å². The average Bonchev–Trinajstić information content (AvgIpc) is 2.69. The van der Waals surface area contributed by atoms with E-state index < -0.39 is 0 Å². The third kappa shape index (κ3) is 2.77. The minimum absolute atomic E-state index is 0.0781. The minimum atomic E-state index is -0.0781. The van der Waals surface area contributed by atoms with Crippen molar-refractivity contribution < 1.29 is 5.11 Å². The van der Waals surface area contributed by atoms with E-state index >= 15 is 0 Å². The van der Waals surface area contributed by atoms with Gasteiger partial charge in [0, 0.05) is 0 Å². The fraction of sp³-hybridized carbons (Fsp3) is 1.00. The Balaban J connectivity index is 1.54. The summed E-state index contributed by atoms with van der Waals surface area (Å²) >= 11 is 0. The molecule has 0 spiro atoms. The van der Waals surface area contributed by atoms with Gasteiger partial charge in [0.05, 0.1) is 6.10 Å². The molecular formula is C30H52O. The molecule has 0 aromatic carbocycles. The molecule has 0 amide bonds. The number of hydrogen-bond donors (Lipinski definition) is 1. The zero-order valence-corrected chi connectivity index (χ0v) is 22.1. The van der Waals surface area contributed by atoms with Gasteiger partial charge in [-0.25, -0.2) is 0 Å². The largest absolute Gasteiger partial charge is 0.393 e. The summed E-state index contributed by atoms with van der Waals surface area (Å²) in [6.45, 7) is 20.9. The van der Waals surface area contributed by atoms with Crippen LogP contribution in [-0.4, -0.2) is 11.2 Å². The van der Waals surface area contributed by atoms with Gasteiger partial charge in [-0.1, -0.05) is 55.4 Å². The number of fused-ring (bicyclic) bond motifs is 7. The fourth-order valence-electron chi connectivity index (χ4n) is 11.4. The predicted octanol–water partition coefficient (Wildman–Crippen LogP) is 8.25. The summed E-state index contributed by atoms with van der Waals surface area (Å²) in [6.07, 6.45) is 15.1. The molecule has 0 bridgehead atoms. The first-order chi connectivity index (χ1) is 14.2. The molecule has 5 rings (SSSR count). The van der Waals surface area contributed by atoms with Crippen molar-refractivity contribution in [2.75, 3.05) is 0 Å². The molecule has 5 aliphatic carbocycles. The lowest BCUT2D eigenvalue weighted by atomic mass is 9.30. The summed E-state index contributed by atoms with van der Waals surface area (Å²) in [5.74, 6) is 3.02. The molecule has 5 aliphatic rings. The summed E-state index contributed by atoms with van der Waals surface area (Å²) in [6, 6.07) is 0. The Morgan fingerprint density at radius 1 is 0.581 bits per heavy atom. The predicted molar refractivity (Wildman–Crippen MR) is 131 cm³/mol. The van der Waals surface area contributed by atoms with Crippen molar-refractivity contribution in [1.82, 2.24) is 0 Å². The van der Waals surface area contributed by atoms with Gasteiger partial charge in [0.2, 0.25) is 0 Å². The number of rotatable bonds is 0. The molecule has 0 aliphatic heterocycles. The summed E-state index contributed by atoms with van der Waals surface area (Å²) in [4.78, 5) is 0. The molecule has 10 atom stereocenters. The molecule has 0 aromatic rings. The van der Waals surface area contributed by atoms with Gasteiger partial charge in [0.15, 0.2) is 0 Å². The molecule has 178 valence electrons. The minimum Gasteiger partial charge on any atom is -0.393 e. The van der Waals surface area contributed by atoms with Gasteiger partial charge < -0.3 is 5.11 Å². The van der Waals surface area contributed by atoms with Gasteiger partial charge in [-0.3, -0.25) is 0 Å². The van der Waals surface area contributed by atoms with Crippen LogP contribution in [0, 0.1) is 56.2 Å². The topological polar surface area (TPSA) is 20.2 Å². The van der Waals surface area contributed by atoms with Gasteiger partial charge in [-0.05, 0) is 127 Å². The Hall–Kier alpha value is -0.0400. The summed E-state index contributed by atoms with van der Waals surface area (Å²) in [5.41, 5.74) is 2.88. The number of aliphatic hydroxyl groups is 1. The van der Waals surface area contributed by atoms with Crippen LogP contribution in [0.2, 0.25) is 0 Å². The van der Waals surface area contributed by atoms with Crippen LogP contribution in [0.25, 0.3) is 0 Å². The van der Waals surface area contributed by atoms with Crippen LogP contribution in [0.15, 0.2) is 0 Å². The molecule has 5 fully saturated rings. The average molecular weight is 429 g/mol. The molecule has 1 nitrogen and oxygen atoms in total. The second-order valence-electron chi connectivity index (χ2n) is 15.5. The molecule has 0 heterocycles. The quantitative estimate of drug-likeness (QED) is 0.412. The molecule has 1 heteroatoms. The van der Waals surface area contributed by atoms with Crippen LogP contribution in [0.3, 0.4) is 0 Å². The van der Waals surface area contributed by atoms with E-state index in [0.717, 1.165) is 24.2 Å². The molecule has 0 radical (unpaired) electrons. The summed E-state index contributed by atoms with van der Waals surface area (Å²) in [5, 5.41) is 10.7. The van der Waals surface area contributed by atoms with Gasteiger partial charge in [-0.15, -0.1) is 0 Å². The Bertz CT molecular complexity index is 741. The van der Waals surface area contributed by atoms with Crippen LogP contribution in [0.1, 0.15) is 126 Å². The van der Waals surface area contributed by atoms with Crippen molar-refractivity contribution in [2.24, 2.45) is 56.2 Å². The summed E-state index contributed by atoms with van der Waals surface area (Å²) < 4.78 is 0. The molecule has 0 aromatic heterocycles. The molecule has 3 unspecified atom stereocenters. The van der Waals surface area contributed by atoms with E-state index in [1.807, 2.05) is 0 Å². The van der Waals surface area contributed by atoms with E-state index in [4.69, 9.17) is 0 Å². The maximum absolute atomic E-state index is 10.7. The van der Waals surface area contributed by atoms with Gasteiger partial charge >= 0.3 is 0 Å². The molecule has 5 saturated carbocycles. The Morgan fingerprint density at radius 2 is 1.19 bits per heavy atom. The smallest absolute Gasteiger partial charge is 0.0571 e. The van der Waals surface area contributed by atoms with E-state index in [1.54, 1.807) is 0 Å². The van der Waals surface area contributed by atoms with E-state index in [9.17, 15) is 5.11 Å². The number of aliphatic hydroxyl groups excluding tert-OH is 1. The monoisotopic (exact) mass is 428 g/mol. The van der Waals surface area contributed by atoms with E-state index in [-0.39, 0.29) is 6.10 Å². The third-order valence-corrected chi connectivity index (χ3v) is 13.9. The third-order valence-electron chi connectivity index (χ3n) is 13.9. The van der Waals surface area contributed by atoms with Crippen molar-refractivity contribution in [3.05, 3.63) is 0 Å². The molecule has 31 heavy (non-hydrogen) atoms. The lowest BCUT2D eigenvalue weighted by molar-refractivity contribution is -0.263. The highest BCUT2D eigenvalue weighted by molar-refractivity contribution is 5.19. The lowest BCUT2D eigenvalue weighted by Gasteiger charge is -2.75. The first kappa shape index (κ1) is 22.7. The fourth-order valence-corrected chi connectivity index (χ4v) is 11.4. The summed E-state index contributed by atoms with van der Waals surface area (Å²) in [7, 11) is 0. The first-order valence-corrected chi connectivity index (χ1v) is 13.9. The normalized spacial score (nSPS) is 60.9. The Labute approximate surface area is 193 Å². The molecule has 1 N–H and O–H groups in total. The van der Waals surface area contributed by atoms with Gasteiger partial charge in [0.1, 0.15) is 0 Å². The highest BCUT2D eigenvalue weighted by Gasteiger charge is 2.70. The van der Waals surface area contributed by atoms with Crippen molar-refractivity contribution in [1.29, 1.82) is 0 Å². The Morgan fingerprint density at radius 3 is 1.90 bits per heavy atom. The van der Waals surface area contributed by atoms with Crippen LogP contribution < -0.4 is 0 Å². The highest BCUT2D eigenvalue weighted by Crippen LogP contribution is 2.78. The molecular weight excluding hydrogens is 376 g/mol. The van der Waals surface area contributed by atoms with E-state index in [1.165, 1.54) is 64.2 Å². The van der Waals surface area contributed by atoms with E-state index in [2.05, 4.69) is 55.4 Å². The number of hydrogen-bond acceptors (Lipinski definition) is 1. The zero-order chi connectivity index (χ0) is 22.7. The van der Waals surface area contributed by atoms with Crippen LogP contribution in [0.4, 0.5) is 0 Å². The first-order valence-electron chi connectivity index (χ1n) is 13.9. The second-order valence-corrected chi connectivity index (χ2v) is 15.5. The molecule has 0 saturated heterocycles. The highest BCUT2D eigenvalue weighted by atomic mass is 16.3. The van der Waals surface area contributed by atoms with Crippen LogP contribution in [0.5, 0.6) is 0 Å². The van der Waals surface area contributed by atoms with Gasteiger partial charge in [-0.2, -0.15) is 0 Å². The maximum Gasteiger partial charge on any atom is 0.0571 e. The van der Waals surface area contributed by atoms with Crippen LogP contribution in [-0.2, 0) is 0 Å². The second kappa shape index (κ2) is 6.55. The standard InChI is InChI=1S/C30H52O/c1-20-21(31)9-10-22-27(20,5)12-11-23-28(22,6)16-18-30(8)24-19-25(2,3)13-14-26(24,4)15-17-29(23,30)7/h20-24,31H,9-19H2,1-8H3/t20-,21-,22?,23?,24?,26+,27+,28-,29+,30-/m0/s1. The van der Waals surface area contributed by atoms with Crippen molar-refractivity contribution in [3.8, 4) is 0 Å². The van der Waals surface area contributed by atoms with Crippen molar-refractivity contribution >= 4 is 0 Å². The zero-order valence-electron chi connectivity index (χ0n) is 22.1. The van der Waals surface area contributed by atoms with Gasteiger partial charge in [0.25, 0.3) is 0 Å². The SMILES string of the molecule is C[C@H]1[C@@H](O)CCC2[C@]3(C)CC[C@@]4(C)C5CC(C)(C)CC[C@]5(C)CC[C@]4(C)C3CC[C@@]21C. The van der Waals surface area contributed by atoms with Crippen molar-refractivity contribution in [2.45, 2.75) is 132 Å².